The predicted octanol–water partition coefficient (Wildman–Crippen LogP) is 3.98. The van der Waals surface area contributed by atoms with Gasteiger partial charge in [-0.25, -0.2) is 8.93 Å². The highest BCUT2D eigenvalue weighted by molar-refractivity contribution is 7.84. The smallest absolute Gasteiger partial charge is 0.145 e. The number of carbonyl (C=O) groups excluding carboxylic acids is 1. The maximum atomic E-state index is 12.7. The van der Waals surface area contributed by atoms with Gasteiger partial charge in [0.25, 0.3) is 0 Å². The number of aldehydes is 1. The number of halogens is 1. The highest BCUT2D eigenvalue weighted by Gasteiger charge is 2.26. The lowest BCUT2D eigenvalue weighted by molar-refractivity contribution is -0.105. The first-order chi connectivity index (χ1) is 12.1. The van der Waals surface area contributed by atoms with E-state index in [-0.39, 0.29) is 6.04 Å². The van der Waals surface area contributed by atoms with Crippen LogP contribution >= 0.6 is 11.6 Å². The van der Waals surface area contributed by atoms with Crippen molar-refractivity contribution in [3.8, 4) is 11.1 Å². The van der Waals surface area contributed by atoms with Crippen LogP contribution in [0.25, 0.3) is 11.1 Å². The van der Waals surface area contributed by atoms with Gasteiger partial charge in [0, 0.05) is 35.4 Å². The van der Waals surface area contributed by atoms with Gasteiger partial charge in [-0.15, -0.1) is 0 Å². The average Bonchev–Trinajstić information content (AvgIpc) is 2.98. The molecular formula is C19H24ClN3O2S. The van der Waals surface area contributed by atoms with E-state index in [4.69, 9.17) is 11.6 Å². The van der Waals surface area contributed by atoms with Crippen molar-refractivity contribution >= 4 is 28.9 Å². The monoisotopic (exact) mass is 393 g/mol. The second kappa shape index (κ2) is 8.29. The molecular weight excluding hydrogens is 370 g/mol. The van der Waals surface area contributed by atoms with Crippen LogP contribution in [0, 0.1) is 0 Å². The number of hydrogen-bond donors (Lipinski definition) is 1. The Morgan fingerprint density at radius 3 is 2.69 bits per heavy atom. The van der Waals surface area contributed by atoms with Crippen LogP contribution in [0.1, 0.15) is 38.8 Å². The molecule has 0 aliphatic rings. The number of benzene rings is 1. The van der Waals surface area contributed by atoms with Crippen LogP contribution < -0.4 is 4.72 Å². The molecule has 2 aromatic rings. The first-order valence-corrected chi connectivity index (χ1v) is 9.74. The van der Waals surface area contributed by atoms with E-state index in [1.54, 1.807) is 16.9 Å². The van der Waals surface area contributed by atoms with E-state index in [1.165, 1.54) is 0 Å². The number of carbonyl (C=O) groups is 1. The second-order valence-corrected chi connectivity index (χ2v) is 9.54. The van der Waals surface area contributed by atoms with E-state index in [2.05, 4.69) is 16.4 Å². The molecule has 26 heavy (non-hydrogen) atoms. The number of aromatic nitrogens is 2. The third-order valence-electron chi connectivity index (χ3n) is 3.85. The van der Waals surface area contributed by atoms with Gasteiger partial charge in [-0.05, 0) is 44.4 Å². The molecule has 1 N–H and O–H groups in total. The zero-order valence-corrected chi connectivity index (χ0v) is 17.0. The summed E-state index contributed by atoms with van der Waals surface area (Å²) in [6.45, 7) is 9.45. The van der Waals surface area contributed by atoms with E-state index in [1.807, 2.05) is 46.1 Å². The second-order valence-electron chi connectivity index (χ2n) is 7.14. The van der Waals surface area contributed by atoms with Gasteiger partial charge in [-0.2, -0.15) is 5.10 Å². The average molecular weight is 394 g/mol. The summed E-state index contributed by atoms with van der Waals surface area (Å²) in [5.41, 5.74) is 2.94. The lowest BCUT2D eigenvalue weighted by Crippen LogP contribution is -2.36. The largest absolute Gasteiger partial charge is 0.298 e. The van der Waals surface area contributed by atoms with Gasteiger partial charge in [0.2, 0.25) is 0 Å². The first kappa shape index (κ1) is 20.6. The van der Waals surface area contributed by atoms with Crippen LogP contribution in [-0.4, -0.2) is 25.0 Å². The molecule has 2 unspecified atom stereocenters. The Bertz CT molecular complexity index is 840. The Morgan fingerprint density at radius 2 is 2.15 bits per heavy atom. The van der Waals surface area contributed by atoms with Crippen LogP contribution in [0.4, 0.5) is 0 Å². The Hall–Kier alpha value is -1.76. The van der Waals surface area contributed by atoms with Crippen molar-refractivity contribution in [2.45, 2.75) is 38.0 Å². The van der Waals surface area contributed by atoms with E-state index < -0.39 is 15.7 Å². The molecule has 0 aliphatic carbocycles. The zero-order valence-electron chi connectivity index (χ0n) is 15.5. The van der Waals surface area contributed by atoms with Crippen molar-refractivity contribution in [3.05, 3.63) is 53.3 Å². The molecule has 0 fully saturated rings. The number of nitrogens with one attached hydrogen (secondary N) is 1. The minimum atomic E-state index is -1.32. The zero-order chi connectivity index (χ0) is 19.5. The van der Waals surface area contributed by atoms with E-state index in [0.29, 0.717) is 17.0 Å². The molecule has 1 aromatic heterocycles. The van der Waals surface area contributed by atoms with Gasteiger partial charge in [0.15, 0.2) is 0 Å². The van der Waals surface area contributed by atoms with Gasteiger partial charge in [-0.3, -0.25) is 9.48 Å². The number of rotatable bonds is 7. The van der Waals surface area contributed by atoms with Crippen LogP contribution in [0.3, 0.4) is 0 Å². The van der Waals surface area contributed by atoms with Crippen molar-refractivity contribution < 1.29 is 9.00 Å². The Labute approximate surface area is 162 Å². The van der Waals surface area contributed by atoms with Crippen LogP contribution in [-0.2, 0) is 22.8 Å². The van der Waals surface area contributed by atoms with Crippen molar-refractivity contribution in [2.24, 2.45) is 7.05 Å². The minimum Gasteiger partial charge on any atom is -0.298 e. The summed E-state index contributed by atoms with van der Waals surface area (Å²) in [6.07, 6.45) is 4.66. The maximum absolute atomic E-state index is 12.7. The molecule has 0 amide bonds. The summed E-state index contributed by atoms with van der Waals surface area (Å²) < 4.78 is 17.1. The SMILES string of the molecule is C=C(C=O)CC(NS(=O)C(C)(C)C)c1cccc(Cl)c1-c1cnn(C)c1. The fourth-order valence-corrected chi connectivity index (χ4v) is 3.63. The number of hydrogen-bond acceptors (Lipinski definition) is 3. The summed E-state index contributed by atoms with van der Waals surface area (Å²) in [4.78, 5) is 11.1. The van der Waals surface area contributed by atoms with E-state index in [9.17, 15) is 9.00 Å². The fraction of sp³-hybridized carbons (Fsp3) is 0.368. The summed E-state index contributed by atoms with van der Waals surface area (Å²) in [6, 6.07) is 5.20. The van der Waals surface area contributed by atoms with Gasteiger partial charge >= 0.3 is 0 Å². The fourth-order valence-electron chi connectivity index (χ4n) is 2.52. The molecule has 0 spiro atoms. The first-order valence-electron chi connectivity index (χ1n) is 8.22. The molecule has 0 bridgehead atoms. The van der Waals surface area contributed by atoms with E-state index >= 15 is 0 Å². The third kappa shape index (κ3) is 4.90. The molecule has 2 atom stereocenters. The number of nitrogens with zero attached hydrogens (tertiary/aromatic N) is 2. The molecule has 1 aromatic carbocycles. The van der Waals surface area contributed by atoms with Crippen molar-refractivity contribution in [2.75, 3.05) is 0 Å². The Morgan fingerprint density at radius 1 is 1.46 bits per heavy atom. The summed E-state index contributed by atoms with van der Waals surface area (Å²) >= 11 is 6.48. The van der Waals surface area contributed by atoms with Crippen LogP contribution in [0.2, 0.25) is 5.02 Å². The summed E-state index contributed by atoms with van der Waals surface area (Å²) in [7, 11) is 0.509. The molecule has 5 nitrogen and oxygen atoms in total. The molecule has 7 heteroatoms. The maximum Gasteiger partial charge on any atom is 0.145 e. The van der Waals surface area contributed by atoms with Crippen LogP contribution in [0.5, 0.6) is 0 Å². The van der Waals surface area contributed by atoms with Gasteiger partial charge in [0.05, 0.1) is 21.9 Å². The summed E-state index contributed by atoms with van der Waals surface area (Å²) in [5, 5.41) is 4.79. The topological polar surface area (TPSA) is 64.0 Å². The lowest BCUT2D eigenvalue weighted by Gasteiger charge is -2.26. The molecule has 0 saturated carbocycles. The standard InChI is InChI=1S/C19H24ClN3O2S/c1-13(12-24)9-17(22-26(25)19(2,3)4)15-7-6-8-16(20)18(15)14-10-21-23(5)11-14/h6-8,10-12,17,22H,1,9H2,2-5H3. The quantitative estimate of drug-likeness (QED) is 0.571. The molecule has 2 rings (SSSR count). The van der Waals surface area contributed by atoms with Gasteiger partial charge < -0.3 is 0 Å². The van der Waals surface area contributed by atoms with Crippen molar-refractivity contribution in [1.82, 2.24) is 14.5 Å². The number of aryl methyl sites for hydroxylation is 1. The summed E-state index contributed by atoms with van der Waals surface area (Å²) in [5.74, 6) is 0. The third-order valence-corrected chi connectivity index (χ3v) is 5.78. The van der Waals surface area contributed by atoms with Crippen molar-refractivity contribution in [3.63, 3.8) is 0 Å². The highest BCUT2D eigenvalue weighted by Crippen LogP contribution is 2.36. The Kier molecular flexibility index (Phi) is 6.55. The van der Waals surface area contributed by atoms with Crippen molar-refractivity contribution in [1.29, 1.82) is 0 Å². The Balaban J connectivity index is 2.53. The lowest BCUT2D eigenvalue weighted by atomic mass is 9.93. The molecule has 0 aliphatic heterocycles. The highest BCUT2D eigenvalue weighted by atomic mass is 35.5. The minimum absolute atomic E-state index is 0.332. The predicted molar refractivity (Wildman–Crippen MR) is 107 cm³/mol. The van der Waals surface area contributed by atoms with E-state index in [0.717, 1.165) is 23.0 Å². The van der Waals surface area contributed by atoms with Gasteiger partial charge in [-0.1, -0.05) is 30.3 Å². The molecule has 0 saturated heterocycles. The van der Waals surface area contributed by atoms with Gasteiger partial charge in [0.1, 0.15) is 6.29 Å². The molecule has 1 heterocycles. The molecule has 140 valence electrons. The van der Waals surface area contributed by atoms with Crippen LogP contribution in [0.15, 0.2) is 42.7 Å². The normalized spacial score (nSPS) is 14.0. The molecule has 0 radical (unpaired) electrons.